The first-order valence-corrected chi connectivity index (χ1v) is 7.72. The van der Waals surface area contributed by atoms with Crippen molar-refractivity contribution < 1.29 is 23.4 Å². The van der Waals surface area contributed by atoms with E-state index in [1.54, 1.807) is 20.8 Å². The molecule has 21 heavy (non-hydrogen) atoms. The van der Waals surface area contributed by atoms with Crippen molar-refractivity contribution in [1.82, 2.24) is 0 Å². The summed E-state index contributed by atoms with van der Waals surface area (Å²) in [6, 6.07) is 0. The van der Waals surface area contributed by atoms with Crippen LogP contribution in [0.5, 0.6) is 0 Å². The highest BCUT2D eigenvalue weighted by atomic mass is 19.1. The van der Waals surface area contributed by atoms with Crippen LogP contribution in [0.4, 0.5) is 9.18 Å². The molecule has 0 amide bonds. The van der Waals surface area contributed by atoms with Gasteiger partial charge in [-0.3, -0.25) is 0 Å². The quantitative estimate of drug-likeness (QED) is 0.549. The van der Waals surface area contributed by atoms with Gasteiger partial charge >= 0.3 is 6.16 Å². The zero-order chi connectivity index (χ0) is 16.3. The Hall–Kier alpha value is -0.840. The molecule has 0 N–H and O–H groups in total. The maximum atomic E-state index is 14.8. The normalized spacial score (nSPS) is 33.0. The van der Waals surface area contributed by atoms with Gasteiger partial charge in [0.2, 0.25) is 0 Å². The molecule has 0 aliphatic heterocycles. The summed E-state index contributed by atoms with van der Waals surface area (Å²) in [7, 11) is 0. The molecule has 0 aromatic heterocycles. The van der Waals surface area contributed by atoms with Crippen LogP contribution in [0, 0.1) is 5.92 Å². The van der Waals surface area contributed by atoms with Gasteiger partial charge in [-0.1, -0.05) is 20.3 Å². The van der Waals surface area contributed by atoms with Crippen LogP contribution < -0.4 is 0 Å². The van der Waals surface area contributed by atoms with Crippen molar-refractivity contribution in [3.63, 3.8) is 0 Å². The van der Waals surface area contributed by atoms with Gasteiger partial charge < -0.3 is 14.2 Å². The Morgan fingerprint density at radius 2 is 1.95 bits per heavy atom. The SMILES string of the molecule is CCC1CC(C)(OCOC(=O)OC(C)(C)C)CC1(F)CC. The maximum Gasteiger partial charge on any atom is 0.510 e. The molecule has 1 rings (SSSR count). The fourth-order valence-corrected chi connectivity index (χ4v) is 3.08. The van der Waals surface area contributed by atoms with Gasteiger partial charge in [0.1, 0.15) is 11.3 Å². The third kappa shape index (κ3) is 5.13. The summed E-state index contributed by atoms with van der Waals surface area (Å²) in [6.45, 7) is 10.8. The van der Waals surface area contributed by atoms with E-state index in [-0.39, 0.29) is 12.7 Å². The van der Waals surface area contributed by atoms with Crippen molar-refractivity contribution in [3.05, 3.63) is 0 Å². The largest absolute Gasteiger partial charge is 0.510 e. The van der Waals surface area contributed by atoms with Gasteiger partial charge in [0.05, 0.1) is 5.60 Å². The van der Waals surface area contributed by atoms with E-state index in [2.05, 4.69) is 0 Å². The molecule has 0 aromatic rings. The highest BCUT2D eigenvalue weighted by molar-refractivity contribution is 5.60. The lowest BCUT2D eigenvalue weighted by Crippen LogP contribution is -2.31. The van der Waals surface area contributed by atoms with E-state index < -0.39 is 23.0 Å². The Bertz CT molecular complexity index is 366. The van der Waals surface area contributed by atoms with Crippen molar-refractivity contribution in [3.8, 4) is 0 Å². The molecule has 0 heterocycles. The summed E-state index contributed by atoms with van der Waals surface area (Å²) >= 11 is 0. The number of ether oxygens (including phenoxy) is 3. The zero-order valence-corrected chi connectivity index (χ0v) is 14.1. The van der Waals surface area contributed by atoms with E-state index in [0.29, 0.717) is 19.3 Å². The van der Waals surface area contributed by atoms with Crippen LogP contribution in [-0.4, -0.2) is 29.8 Å². The van der Waals surface area contributed by atoms with Crippen molar-refractivity contribution in [2.75, 3.05) is 6.79 Å². The Morgan fingerprint density at radius 1 is 1.33 bits per heavy atom. The predicted molar refractivity (Wildman–Crippen MR) is 78.8 cm³/mol. The van der Waals surface area contributed by atoms with Crippen molar-refractivity contribution in [2.24, 2.45) is 5.92 Å². The van der Waals surface area contributed by atoms with E-state index in [0.717, 1.165) is 6.42 Å². The Morgan fingerprint density at radius 3 is 2.38 bits per heavy atom. The molecule has 4 nitrogen and oxygen atoms in total. The van der Waals surface area contributed by atoms with Crippen LogP contribution in [-0.2, 0) is 14.2 Å². The number of carbonyl (C=O) groups excluding carboxylic acids is 1. The molecule has 0 spiro atoms. The van der Waals surface area contributed by atoms with Gasteiger partial charge in [0.15, 0.2) is 6.79 Å². The second-order valence-corrected chi connectivity index (χ2v) is 7.20. The predicted octanol–water partition coefficient (Wildman–Crippen LogP) is 4.61. The minimum atomic E-state index is -1.19. The molecule has 3 atom stereocenters. The average Bonchev–Trinajstić information content (AvgIpc) is 2.59. The molecule has 1 fully saturated rings. The lowest BCUT2D eigenvalue weighted by molar-refractivity contribution is -0.130. The topological polar surface area (TPSA) is 44.8 Å². The van der Waals surface area contributed by atoms with E-state index in [1.165, 1.54) is 0 Å². The van der Waals surface area contributed by atoms with Crippen LogP contribution in [0.1, 0.15) is 67.2 Å². The lowest BCUT2D eigenvalue weighted by atomic mass is 9.88. The molecule has 0 bridgehead atoms. The number of hydrogen-bond acceptors (Lipinski definition) is 4. The second-order valence-electron chi connectivity index (χ2n) is 7.20. The molecule has 1 saturated carbocycles. The molecule has 5 heteroatoms. The number of alkyl halides is 1. The number of halogens is 1. The van der Waals surface area contributed by atoms with Crippen molar-refractivity contribution in [1.29, 1.82) is 0 Å². The first-order chi connectivity index (χ1) is 9.53. The summed E-state index contributed by atoms with van der Waals surface area (Å²) in [5.41, 5.74) is -2.37. The van der Waals surface area contributed by atoms with E-state index in [1.807, 2.05) is 20.8 Å². The monoisotopic (exact) mass is 304 g/mol. The van der Waals surface area contributed by atoms with Crippen LogP contribution in [0.2, 0.25) is 0 Å². The lowest BCUT2D eigenvalue weighted by Gasteiger charge is -2.26. The third-order valence-corrected chi connectivity index (χ3v) is 4.13. The van der Waals surface area contributed by atoms with Gasteiger partial charge in [0, 0.05) is 6.42 Å². The fraction of sp³-hybridized carbons (Fsp3) is 0.938. The Balaban J connectivity index is 2.47. The van der Waals surface area contributed by atoms with Gasteiger partial charge in [-0.15, -0.1) is 0 Å². The summed E-state index contributed by atoms with van der Waals surface area (Å²) < 4.78 is 30.4. The van der Waals surface area contributed by atoms with Crippen LogP contribution in [0.25, 0.3) is 0 Å². The summed E-state index contributed by atoms with van der Waals surface area (Å²) in [4.78, 5) is 11.4. The molecule has 0 saturated heterocycles. The molecule has 0 aromatic carbocycles. The minimum Gasteiger partial charge on any atom is -0.429 e. The average molecular weight is 304 g/mol. The van der Waals surface area contributed by atoms with Crippen molar-refractivity contribution in [2.45, 2.75) is 84.1 Å². The molecule has 0 radical (unpaired) electrons. The van der Waals surface area contributed by atoms with Crippen LogP contribution in [0.3, 0.4) is 0 Å². The standard InChI is InChI=1S/C16H29FO4/c1-7-12-9-15(6,10-16(12,17)8-2)20-11-19-13(18)21-14(3,4)5/h12H,7-11H2,1-6H3. The van der Waals surface area contributed by atoms with E-state index in [9.17, 15) is 9.18 Å². The summed E-state index contributed by atoms with van der Waals surface area (Å²) in [5, 5.41) is 0. The van der Waals surface area contributed by atoms with Crippen LogP contribution in [0.15, 0.2) is 0 Å². The molecular weight excluding hydrogens is 275 g/mol. The van der Waals surface area contributed by atoms with Gasteiger partial charge in [0.25, 0.3) is 0 Å². The highest BCUT2D eigenvalue weighted by Gasteiger charge is 2.52. The fourth-order valence-electron chi connectivity index (χ4n) is 3.08. The minimum absolute atomic E-state index is 0.00553. The smallest absolute Gasteiger partial charge is 0.429 e. The van der Waals surface area contributed by atoms with Gasteiger partial charge in [-0.25, -0.2) is 9.18 Å². The van der Waals surface area contributed by atoms with Gasteiger partial charge in [-0.2, -0.15) is 0 Å². The Labute approximate surface area is 127 Å². The summed E-state index contributed by atoms with van der Waals surface area (Å²) in [5.74, 6) is -0.00553. The number of carbonyl (C=O) groups is 1. The Kier molecular flexibility index (Phi) is 5.64. The number of hydrogen-bond donors (Lipinski definition) is 0. The first-order valence-electron chi connectivity index (χ1n) is 7.72. The van der Waals surface area contributed by atoms with Crippen molar-refractivity contribution >= 4 is 6.16 Å². The maximum absolute atomic E-state index is 14.8. The molecule has 124 valence electrons. The van der Waals surface area contributed by atoms with Gasteiger partial charge in [-0.05, 0) is 46.5 Å². The molecule has 1 aliphatic rings. The zero-order valence-electron chi connectivity index (χ0n) is 14.1. The third-order valence-electron chi connectivity index (χ3n) is 4.13. The second kappa shape index (κ2) is 6.51. The molecule has 3 unspecified atom stereocenters. The highest BCUT2D eigenvalue weighted by Crippen LogP contribution is 2.49. The number of rotatable bonds is 5. The van der Waals surface area contributed by atoms with Crippen LogP contribution >= 0.6 is 0 Å². The molecular formula is C16H29FO4. The van der Waals surface area contributed by atoms with E-state index in [4.69, 9.17) is 14.2 Å². The summed E-state index contributed by atoms with van der Waals surface area (Å²) in [6.07, 6.45) is 1.49. The first kappa shape index (κ1) is 18.2. The van der Waals surface area contributed by atoms with E-state index >= 15 is 0 Å². The molecule has 1 aliphatic carbocycles.